The highest BCUT2D eigenvalue weighted by Gasteiger charge is 2.14. The van der Waals surface area contributed by atoms with Gasteiger partial charge in [-0.3, -0.25) is 0 Å². The van der Waals surface area contributed by atoms with Crippen LogP contribution in [-0.2, 0) is 10.0 Å². The number of hydrogen-bond donors (Lipinski definition) is 2. The van der Waals surface area contributed by atoms with Crippen LogP contribution < -0.4 is 10.5 Å². The van der Waals surface area contributed by atoms with E-state index >= 15 is 0 Å². The molecule has 1 rings (SSSR count). The summed E-state index contributed by atoms with van der Waals surface area (Å²) in [5.74, 6) is -0.741. The van der Waals surface area contributed by atoms with Crippen LogP contribution in [0, 0.1) is 5.82 Å². The monoisotopic (exact) mass is 258 g/mol. The van der Waals surface area contributed by atoms with E-state index in [1.54, 1.807) is 6.08 Å². The maximum absolute atomic E-state index is 13.1. The minimum Gasteiger partial charge on any atom is -0.396 e. The first kappa shape index (κ1) is 13.7. The standard InChI is InChI=1S/C11H15FN2O2S/c1-8(2)5-6-14-17(15,16)9-3-4-11(13)10(12)7-9/h3-5,7,14H,6,13H2,1-2H3. The summed E-state index contributed by atoms with van der Waals surface area (Å²) >= 11 is 0. The fraction of sp³-hybridized carbons (Fsp3) is 0.273. The van der Waals surface area contributed by atoms with Crippen molar-refractivity contribution < 1.29 is 12.8 Å². The molecule has 0 aliphatic heterocycles. The Morgan fingerprint density at radius 2 is 2.12 bits per heavy atom. The number of nitrogen functional groups attached to an aromatic ring is 1. The van der Waals surface area contributed by atoms with Crippen molar-refractivity contribution in [1.82, 2.24) is 4.72 Å². The summed E-state index contributed by atoms with van der Waals surface area (Å²) in [6, 6.07) is 3.40. The predicted octanol–water partition coefficient (Wildman–Crippen LogP) is 1.65. The lowest BCUT2D eigenvalue weighted by Gasteiger charge is -2.05. The van der Waals surface area contributed by atoms with Crippen LogP contribution in [0.15, 0.2) is 34.7 Å². The second-order valence-corrected chi connectivity index (χ2v) is 5.58. The maximum Gasteiger partial charge on any atom is 0.240 e. The Morgan fingerprint density at radius 3 is 2.65 bits per heavy atom. The molecule has 0 bridgehead atoms. The van der Waals surface area contributed by atoms with E-state index < -0.39 is 15.8 Å². The molecule has 1 aromatic carbocycles. The molecule has 0 saturated carbocycles. The van der Waals surface area contributed by atoms with E-state index in [1.807, 2.05) is 13.8 Å². The summed E-state index contributed by atoms with van der Waals surface area (Å²) in [7, 11) is -3.69. The number of nitrogens with one attached hydrogen (secondary N) is 1. The Morgan fingerprint density at radius 1 is 1.47 bits per heavy atom. The predicted molar refractivity (Wildman–Crippen MR) is 65.4 cm³/mol. The van der Waals surface area contributed by atoms with Crippen LogP contribution in [0.4, 0.5) is 10.1 Å². The number of halogens is 1. The molecule has 0 spiro atoms. The molecule has 0 saturated heterocycles. The molecular weight excluding hydrogens is 243 g/mol. The zero-order valence-corrected chi connectivity index (χ0v) is 10.5. The van der Waals surface area contributed by atoms with Gasteiger partial charge >= 0.3 is 0 Å². The minimum atomic E-state index is -3.69. The van der Waals surface area contributed by atoms with Crippen LogP contribution in [0.5, 0.6) is 0 Å². The Hall–Kier alpha value is -1.40. The fourth-order valence-corrected chi connectivity index (χ4v) is 2.09. The van der Waals surface area contributed by atoms with E-state index in [4.69, 9.17) is 5.73 Å². The molecule has 17 heavy (non-hydrogen) atoms. The smallest absolute Gasteiger partial charge is 0.240 e. The third-order valence-corrected chi connectivity index (χ3v) is 3.49. The molecule has 6 heteroatoms. The number of anilines is 1. The van der Waals surface area contributed by atoms with Crippen molar-refractivity contribution in [1.29, 1.82) is 0 Å². The number of sulfonamides is 1. The third kappa shape index (κ3) is 3.83. The van der Waals surface area contributed by atoms with Crippen molar-refractivity contribution >= 4 is 15.7 Å². The molecule has 0 amide bonds. The molecule has 0 radical (unpaired) electrons. The zero-order chi connectivity index (χ0) is 13.1. The van der Waals surface area contributed by atoms with Gasteiger partial charge in [0.05, 0.1) is 10.6 Å². The van der Waals surface area contributed by atoms with Gasteiger partial charge in [0.15, 0.2) is 0 Å². The van der Waals surface area contributed by atoms with Gasteiger partial charge in [0.25, 0.3) is 0 Å². The third-order valence-electron chi connectivity index (χ3n) is 2.07. The summed E-state index contributed by atoms with van der Waals surface area (Å²) in [6.07, 6.45) is 1.73. The Kier molecular flexibility index (Phi) is 4.25. The molecule has 1 aromatic rings. The number of nitrogens with two attached hydrogens (primary N) is 1. The number of rotatable bonds is 4. The summed E-state index contributed by atoms with van der Waals surface area (Å²) in [5, 5.41) is 0. The van der Waals surface area contributed by atoms with Crippen LogP contribution in [0.2, 0.25) is 0 Å². The van der Waals surface area contributed by atoms with E-state index in [-0.39, 0.29) is 17.1 Å². The van der Waals surface area contributed by atoms with Crippen molar-refractivity contribution in [3.8, 4) is 0 Å². The van der Waals surface area contributed by atoms with Gasteiger partial charge in [0.1, 0.15) is 5.82 Å². The van der Waals surface area contributed by atoms with Crippen molar-refractivity contribution in [2.75, 3.05) is 12.3 Å². The topological polar surface area (TPSA) is 72.2 Å². The van der Waals surface area contributed by atoms with E-state index in [9.17, 15) is 12.8 Å². The molecule has 0 fully saturated rings. The first-order valence-electron chi connectivity index (χ1n) is 5.01. The fourth-order valence-electron chi connectivity index (χ4n) is 1.11. The molecule has 0 aromatic heterocycles. The zero-order valence-electron chi connectivity index (χ0n) is 9.70. The highest BCUT2D eigenvalue weighted by molar-refractivity contribution is 7.89. The van der Waals surface area contributed by atoms with Crippen molar-refractivity contribution in [2.45, 2.75) is 18.7 Å². The van der Waals surface area contributed by atoms with Gasteiger partial charge in [-0.25, -0.2) is 17.5 Å². The van der Waals surface area contributed by atoms with E-state index in [0.29, 0.717) is 0 Å². The van der Waals surface area contributed by atoms with Gasteiger partial charge in [-0.05, 0) is 32.0 Å². The van der Waals surface area contributed by atoms with Crippen molar-refractivity contribution in [3.63, 3.8) is 0 Å². The van der Waals surface area contributed by atoms with Gasteiger partial charge in [-0.15, -0.1) is 0 Å². The van der Waals surface area contributed by atoms with Gasteiger partial charge in [0, 0.05) is 6.54 Å². The summed E-state index contributed by atoms with van der Waals surface area (Å²) in [5.41, 5.74) is 6.19. The second kappa shape index (κ2) is 5.29. The Bertz CT molecular complexity index is 534. The average molecular weight is 258 g/mol. The van der Waals surface area contributed by atoms with Crippen molar-refractivity contribution in [2.24, 2.45) is 0 Å². The first-order chi connectivity index (χ1) is 7.83. The van der Waals surface area contributed by atoms with Crippen LogP contribution >= 0.6 is 0 Å². The lowest BCUT2D eigenvalue weighted by atomic mass is 10.3. The van der Waals surface area contributed by atoms with Gasteiger partial charge in [0.2, 0.25) is 10.0 Å². The second-order valence-electron chi connectivity index (χ2n) is 3.82. The minimum absolute atomic E-state index is 0.0757. The normalized spacial score (nSPS) is 11.2. The SMILES string of the molecule is CC(C)=CCNS(=O)(=O)c1ccc(N)c(F)c1. The van der Waals surface area contributed by atoms with Crippen LogP contribution in [-0.4, -0.2) is 15.0 Å². The molecule has 0 unspecified atom stereocenters. The molecule has 0 aliphatic rings. The van der Waals surface area contributed by atoms with Crippen LogP contribution in [0.1, 0.15) is 13.8 Å². The summed E-state index contributed by atoms with van der Waals surface area (Å²) < 4.78 is 38.9. The first-order valence-corrected chi connectivity index (χ1v) is 6.49. The summed E-state index contributed by atoms with van der Waals surface area (Å²) in [4.78, 5) is -0.133. The quantitative estimate of drug-likeness (QED) is 0.637. The number of benzene rings is 1. The molecule has 0 atom stereocenters. The van der Waals surface area contributed by atoms with Gasteiger partial charge in [-0.1, -0.05) is 11.6 Å². The maximum atomic E-state index is 13.1. The van der Waals surface area contributed by atoms with Crippen molar-refractivity contribution in [3.05, 3.63) is 35.7 Å². The Balaban J connectivity index is 2.90. The Labute approximate surface area is 100 Å². The molecule has 0 heterocycles. The molecule has 94 valence electrons. The lowest BCUT2D eigenvalue weighted by molar-refractivity contribution is 0.582. The average Bonchev–Trinajstić information content (AvgIpc) is 2.21. The van der Waals surface area contributed by atoms with E-state index in [2.05, 4.69) is 4.72 Å². The highest BCUT2D eigenvalue weighted by atomic mass is 32.2. The van der Waals surface area contributed by atoms with Gasteiger partial charge in [-0.2, -0.15) is 0 Å². The summed E-state index contributed by atoms with van der Waals surface area (Å²) in [6.45, 7) is 3.89. The number of allylic oxidation sites excluding steroid dienone is 1. The molecular formula is C11H15FN2O2S. The van der Waals surface area contributed by atoms with Crippen LogP contribution in [0.25, 0.3) is 0 Å². The molecule has 4 nitrogen and oxygen atoms in total. The van der Waals surface area contributed by atoms with Crippen LogP contribution in [0.3, 0.4) is 0 Å². The number of hydrogen-bond acceptors (Lipinski definition) is 3. The molecule has 3 N–H and O–H groups in total. The highest BCUT2D eigenvalue weighted by Crippen LogP contribution is 2.15. The van der Waals surface area contributed by atoms with E-state index in [0.717, 1.165) is 11.6 Å². The van der Waals surface area contributed by atoms with E-state index in [1.165, 1.54) is 12.1 Å². The largest absolute Gasteiger partial charge is 0.396 e. The lowest BCUT2D eigenvalue weighted by Crippen LogP contribution is -2.24. The molecule has 0 aliphatic carbocycles. The van der Waals surface area contributed by atoms with Gasteiger partial charge < -0.3 is 5.73 Å².